The summed E-state index contributed by atoms with van der Waals surface area (Å²) in [7, 11) is 2.17. The van der Waals surface area contributed by atoms with Crippen LogP contribution in [0.4, 0.5) is 0 Å². The molecule has 0 bridgehead atoms. The third-order valence-electron chi connectivity index (χ3n) is 6.19. The second-order valence-electron chi connectivity index (χ2n) is 8.35. The van der Waals surface area contributed by atoms with Gasteiger partial charge in [0.05, 0.1) is 18.4 Å². The van der Waals surface area contributed by atoms with E-state index in [1.165, 1.54) is 6.42 Å². The standard InChI is InChI=1S/C21H32N4O3/c1-24-8-5-16(6-9-24)21-22-12-17-13-25(10-7-19(17)23-21)20(26)15-27-14-18-4-2-3-11-28-18/h12,16,18H,2-11,13-15H2,1H3. The maximum absolute atomic E-state index is 12.5. The second kappa shape index (κ2) is 9.29. The Morgan fingerprint density at radius 3 is 2.89 bits per heavy atom. The Labute approximate surface area is 167 Å². The van der Waals surface area contributed by atoms with E-state index in [2.05, 4.69) is 16.9 Å². The number of fused-ring (bicyclic) bond motifs is 1. The minimum atomic E-state index is 0.0425. The lowest BCUT2D eigenvalue weighted by Crippen LogP contribution is -2.39. The van der Waals surface area contributed by atoms with E-state index < -0.39 is 0 Å². The molecule has 3 aliphatic heterocycles. The summed E-state index contributed by atoms with van der Waals surface area (Å²) in [6, 6.07) is 0. The Morgan fingerprint density at radius 2 is 2.11 bits per heavy atom. The summed E-state index contributed by atoms with van der Waals surface area (Å²) in [6.45, 7) is 4.97. The summed E-state index contributed by atoms with van der Waals surface area (Å²) in [6.07, 6.45) is 8.48. The van der Waals surface area contributed by atoms with Crippen molar-refractivity contribution in [2.45, 2.75) is 57.1 Å². The summed E-state index contributed by atoms with van der Waals surface area (Å²) in [5.41, 5.74) is 2.19. The Bertz CT molecular complexity index is 670. The Hall–Kier alpha value is -1.57. The molecule has 1 atom stereocenters. The Balaban J connectivity index is 1.27. The molecule has 0 saturated carbocycles. The molecule has 7 heteroatoms. The zero-order valence-electron chi connectivity index (χ0n) is 16.9. The minimum Gasteiger partial charge on any atom is -0.376 e. The van der Waals surface area contributed by atoms with Gasteiger partial charge in [0, 0.05) is 43.8 Å². The average Bonchev–Trinajstić information content (AvgIpc) is 2.74. The van der Waals surface area contributed by atoms with Gasteiger partial charge in [-0.2, -0.15) is 0 Å². The van der Waals surface area contributed by atoms with Crippen molar-refractivity contribution in [3.05, 3.63) is 23.3 Å². The largest absolute Gasteiger partial charge is 0.376 e. The molecule has 0 aliphatic carbocycles. The number of amides is 1. The highest BCUT2D eigenvalue weighted by molar-refractivity contribution is 5.77. The first-order valence-electron chi connectivity index (χ1n) is 10.7. The number of rotatable bonds is 5. The molecule has 1 aromatic heterocycles. The number of carbonyl (C=O) groups is 1. The SMILES string of the molecule is CN1CCC(c2ncc3c(n2)CCN(C(=O)COCC2CCCCO2)C3)CC1. The van der Waals surface area contributed by atoms with Crippen molar-refractivity contribution in [2.75, 3.05) is 46.5 Å². The van der Waals surface area contributed by atoms with E-state index >= 15 is 0 Å². The van der Waals surface area contributed by atoms with Crippen LogP contribution >= 0.6 is 0 Å². The fourth-order valence-corrected chi connectivity index (χ4v) is 4.32. The zero-order valence-corrected chi connectivity index (χ0v) is 16.9. The van der Waals surface area contributed by atoms with Crippen LogP contribution < -0.4 is 0 Å². The molecule has 4 heterocycles. The van der Waals surface area contributed by atoms with Gasteiger partial charge in [-0.05, 0) is 52.2 Å². The first-order valence-corrected chi connectivity index (χ1v) is 10.7. The Morgan fingerprint density at radius 1 is 1.25 bits per heavy atom. The van der Waals surface area contributed by atoms with Crippen LogP contribution in [0.2, 0.25) is 0 Å². The minimum absolute atomic E-state index is 0.0425. The number of piperidine rings is 1. The van der Waals surface area contributed by atoms with Crippen molar-refractivity contribution in [1.82, 2.24) is 19.8 Å². The normalized spacial score (nSPS) is 24.2. The van der Waals surface area contributed by atoms with Gasteiger partial charge in [0.1, 0.15) is 12.4 Å². The van der Waals surface area contributed by atoms with E-state index in [4.69, 9.17) is 14.5 Å². The van der Waals surface area contributed by atoms with Crippen molar-refractivity contribution in [2.24, 2.45) is 0 Å². The van der Waals surface area contributed by atoms with Crippen LogP contribution in [0.15, 0.2) is 6.20 Å². The number of carbonyl (C=O) groups excluding carboxylic acids is 1. The second-order valence-corrected chi connectivity index (χ2v) is 8.35. The van der Waals surface area contributed by atoms with Gasteiger partial charge in [0.25, 0.3) is 0 Å². The maximum atomic E-state index is 12.5. The molecule has 2 fully saturated rings. The van der Waals surface area contributed by atoms with Gasteiger partial charge >= 0.3 is 0 Å². The van der Waals surface area contributed by atoms with E-state index in [1.54, 1.807) is 0 Å². The molecule has 1 amide bonds. The van der Waals surface area contributed by atoms with Crippen molar-refractivity contribution < 1.29 is 14.3 Å². The lowest BCUT2D eigenvalue weighted by atomic mass is 9.95. The van der Waals surface area contributed by atoms with Gasteiger partial charge in [-0.3, -0.25) is 4.79 Å². The number of hydrogen-bond acceptors (Lipinski definition) is 6. The van der Waals surface area contributed by atoms with Crippen molar-refractivity contribution in [3.8, 4) is 0 Å². The molecule has 2 saturated heterocycles. The predicted octanol–water partition coefficient (Wildman–Crippen LogP) is 1.76. The molecule has 154 valence electrons. The predicted molar refractivity (Wildman–Crippen MR) is 105 cm³/mol. The molecule has 1 aromatic rings. The highest BCUT2D eigenvalue weighted by Crippen LogP contribution is 2.26. The highest BCUT2D eigenvalue weighted by atomic mass is 16.5. The fourth-order valence-electron chi connectivity index (χ4n) is 4.32. The van der Waals surface area contributed by atoms with E-state index in [-0.39, 0.29) is 18.6 Å². The molecular formula is C21H32N4O3. The van der Waals surface area contributed by atoms with Crippen LogP contribution in [-0.4, -0.2) is 78.3 Å². The van der Waals surface area contributed by atoms with Gasteiger partial charge in [-0.15, -0.1) is 0 Å². The first kappa shape index (κ1) is 19.7. The number of hydrogen-bond donors (Lipinski definition) is 0. The fraction of sp³-hybridized carbons (Fsp3) is 0.762. The molecule has 0 N–H and O–H groups in total. The van der Waals surface area contributed by atoms with E-state index in [1.807, 2.05) is 11.1 Å². The molecule has 28 heavy (non-hydrogen) atoms. The molecular weight excluding hydrogens is 356 g/mol. The van der Waals surface area contributed by atoms with E-state index in [0.29, 0.717) is 25.6 Å². The smallest absolute Gasteiger partial charge is 0.248 e. The summed E-state index contributed by atoms with van der Waals surface area (Å²) in [4.78, 5) is 26.2. The molecule has 1 unspecified atom stereocenters. The number of aromatic nitrogens is 2. The topological polar surface area (TPSA) is 67.8 Å². The average molecular weight is 389 g/mol. The van der Waals surface area contributed by atoms with Crippen molar-refractivity contribution in [1.29, 1.82) is 0 Å². The van der Waals surface area contributed by atoms with Crippen LogP contribution in [0.3, 0.4) is 0 Å². The summed E-state index contributed by atoms with van der Waals surface area (Å²) < 4.78 is 11.3. The summed E-state index contributed by atoms with van der Waals surface area (Å²) in [5, 5.41) is 0. The lowest BCUT2D eigenvalue weighted by molar-refractivity contribution is -0.139. The maximum Gasteiger partial charge on any atom is 0.248 e. The monoisotopic (exact) mass is 388 g/mol. The zero-order chi connectivity index (χ0) is 19.3. The van der Waals surface area contributed by atoms with E-state index in [9.17, 15) is 4.79 Å². The van der Waals surface area contributed by atoms with Gasteiger partial charge in [0.15, 0.2) is 0 Å². The van der Waals surface area contributed by atoms with Gasteiger partial charge in [0.2, 0.25) is 5.91 Å². The van der Waals surface area contributed by atoms with Crippen molar-refractivity contribution >= 4 is 5.91 Å². The van der Waals surface area contributed by atoms with Crippen LogP contribution in [0.25, 0.3) is 0 Å². The number of nitrogens with zero attached hydrogens (tertiary/aromatic N) is 4. The third kappa shape index (κ3) is 4.88. The number of likely N-dealkylation sites (tertiary alicyclic amines) is 1. The molecule has 0 spiro atoms. The molecule has 0 radical (unpaired) electrons. The van der Waals surface area contributed by atoms with Crippen LogP contribution in [0.5, 0.6) is 0 Å². The van der Waals surface area contributed by atoms with Gasteiger partial charge in [-0.1, -0.05) is 0 Å². The van der Waals surface area contributed by atoms with Gasteiger partial charge < -0.3 is 19.3 Å². The van der Waals surface area contributed by atoms with E-state index in [0.717, 1.165) is 68.9 Å². The lowest BCUT2D eigenvalue weighted by Gasteiger charge is -2.30. The third-order valence-corrected chi connectivity index (χ3v) is 6.19. The molecule has 0 aromatic carbocycles. The van der Waals surface area contributed by atoms with Crippen LogP contribution in [-0.2, 0) is 27.2 Å². The molecule has 4 rings (SSSR count). The van der Waals surface area contributed by atoms with Crippen LogP contribution in [0, 0.1) is 0 Å². The number of ether oxygens (including phenoxy) is 2. The molecule has 7 nitrogen and oxygen atoms in total. The summed E-state index contributed by atoms with van der Waals surface area (Å²) >= 11 is 0. The van der Waals surface area contributed by atoms with Gasteiger partial charge in [-0.25, -0.2) is 9.97 Å². The van der Waals surface area contributed by atoms with Crippen molar-refractivity contribution in [3.63, 3.8) is 0 Å². The van der Waals surface area contributed by atoms with Crippen LogP contribution in [0.1, 0.15) is 55.1 Å². The quantitative estimate of drug-likeness (QED) is 0.766. The summed E-state index contributed by atoms with van der Waals surface area (Å²) in [5.74, 6) is 1.50. The molecule has 3 aliphatic rings. The Kier molecular flexibility index (Phi) is 6.54. The first-order chi connectivity index (χ1) is 13.7. The highest BCUT2D eigenvalue weighted by Gasteiger charge is 2.26.